The molecule has 13 heavy (non-hydrogen) atoms. The molecule has 78 valence electrons. The number of esters is 1. The summed E-state index contributed by atoms with van der Waals surface area (Å²) in [4.78, 5) is 11.0. The van der Waals surface area contributed by atoms with Crippen LogP contribution in [0.25, 0.3) is 0 Å². The van der Waals surface area contributed by atoms with Gasteiger partial charge in [-0.15, -0.1) is 0 Å². The maximum absolute atomic E-state index is 11.0. The molecule has 0 fully saturated rings. The number of nitrogens with one attached hydrogen (secondary N) is 1. The minimum absolute atomic E-state index is 0.0957. The van der Waals surface area contributed by atoms with Crippen molar-refractivity contribution < 1.29 is 9.53 Å². The molecule has 3 heteroatoms. The number of hydrogen-bond acceptors (Lipinski definition) is 3. The zero-order valence-electron chi connectivity index (χ0n) is 8.93. The van der Waals surface area contributed by atoms with Crippen molar-refractivity contribution in [3.8, 4) is 0 Å². The standard InChI is InChI=1S/C10H21NO2/c1-4-5-8-13-10(12)6-7-11-9(2)3/h9,11H,4-8H2,1-3H3. The van der Waals surface area contributed by atoms with Crippen molar-refractivity contribution >= 4 is 5.97 Å². The van der Waals surface area contributed by atoms with Crippen LogP contribution < -0.4 is 5.32 Å². The van der Waals surface area contributed by atoms with Crippen LogP contribution in [0.4, 0.5) is 0 Å². The fourth-order valence-electron chi connectivity index (χ4n) is 0.865. The fraction of sp³-hybridized carbons (Fsp3) is 0.900. The summed E-state index contributed by atoms with van der Waals surface area (Å²) in [5.74, 6) is -0.0957. The van der Waals surface area contributed by atoms with Gasteiger partial charge in [0, 0.05) is 12.6 Å². The third kappa shape index (κ3) is 9.34. The predicted molar refractivity (Wildman–Crippen MR) is 53.6 cm³/mol. The molecule has 0 spiro atoms. The van der Waals surface area contributed by atoms with E-state index >= 15 is 0 Å². The summed E-state index contributed by atoms with van der Waals surface area (Å²) in [5, 5.41) is 3.17. The molecule has 0 radical (unpaired) electrons. The normalized spacial score (nSPS) is 10.5. The second-order valence-electron chi connectivity index (χ2n) is 3.43. The molecule has 0 aromatic heterocycles. The molecule has 0 saturated heterocycles. The molecule has 0 atom stereocenters. The van der Waals surface area contributed by atoms with Crippen molar-refractivity contribution in [2.45, 2.75) is 46.1 Å². The maximum Gasteiger partial charge on any atom is 0.307 e. The van der Waals surface area contributed by atoms with Crippen molar-refractivity contribution in [2.24, 2.45) is 0 Å². The molecule has 0 aromatic carbocycles. The lowest BCUT2D eigenvalue weighted by molar-refractivity contribution is -0.143. The van der Waals surface area contributed by atoms with Crippen LogP contribution in [0.3, 0.4) is 0 Å². The Balaban J connectivity index is 3.20. The van der Waals surface area contributed by atoms with Gasteiger partial charge in [-0.1, -0.05) is 27.2 Å². The first-order valence-electron chi connectivity index (χ1n) is 5.05. The lowest BCUT2D eigenvalue weighted by Crippen LogP contribution is -2.26. The molecule has 0 bridgehead atoms. The lowest BCUT2D eigenvalue weighted by Gasteiger charge is -2.07. The van der Waals surface area contributed by atoms with Gasteiger partial charge in [-0.3, -0.25) is 4.79 Å². The van der Waals surface area contributed by atoms with Crippen LogP contribution in [0, 0.1) is 0 Å². The van der Waals surface area contributed by atoms with Crippen molar-refractivity contribution in [1.82, 2.24) is 5.32 Å². The summed E-state index contributed by atoms with van der Waals surface area (Å²) in [6, 6.07) is 0.434. The van der Waals surface area contributed by atoms with Crippen LogP contribution in [0.2, 0.25) is 0 Å². The first kappa shape index (κ1) is 12.4. The van der Waals surface area contributed by atoms with Crippen LogP contribution in [-0.4, -0.2) is 25.2 Å². The van der Waals surface area contributed by atoms with E-state index in [1.807, 2.05) is 0 Å². The number of rotatable bonds is 7. The Morgan fingerprint density at radius 2 is 2.15 bits per heavy atom. The second kappa shape index (κ2) is 8.05. The molecule has 0 saturated carbocycles. The number of carbonyl (C=O) groups is 1. The molecular weight excluding hydrogens is 166 g/mol. The highest BCUT2D eigenvalue weighted by Gasteiger charge is 2.01. The van der Waals surface area contributed by atoms with Gasteiger partial charge in [-0.25, -0.2) is 0 Å². The summed E-state index contributed by atoms with van der Waals surface area (Å²) in [6.45, 7) is 7.47. The molecule has 3 nitrogen and oxygen atoms in total. The van der Waals surface area contributed by atoms with Gasteiger partial charge < -0.3 is 10.1 Å². The predicted octanol–water partition coefficient (Wildman–Crippen LogP) is 1.72. The fourth-order valence-corrected chi connectivity index (χ4v) is 0.865. The Morgan fingerprint density at radius 3 is 2.69 bits per heavy atom. The van der Waals surface area contributed by atoms with E-state index in [0.29, 0.717) is 25.6 Å². The molecule has 0 aliphatic heterocycles. The van der Waals surface area contributed by atoms with Crippen LogP contribution in [0.15, 0.2) is 0 Å². The SMILES string of the molecule is CCCCOC(=O)CCNC(C)C. The second-order valence-corrected chi connectivity index (χ2v) is 3.43. The molecule has 0 aromatic rings. The summed E-state index contributed by atoms with van der Waals surface area (Å²) in [6.07, 6.45) is 2.50. The van der Waals surface area contributed by atoms with Crippen molar-refractivity contribution in [2.75, 3.05) is 13.2 Å². The first-order chi connectivity index (χ1) is 6.16. The summed E-state index contributed by atoms with van der Waals surface area (Å²) < 4.78 is 4.99. The van der Waals surface area contributed by atoms with Crippen LogP contribution >= 0.6 is 0 Å². The molecule has 0 amide bonds. The maximum atomic E-state index is 11.0. The first-order valence-corrected chi connectivity index (χ1v) is 5.05. The van der Waals surface area contributed by atoms with Gasteiger partial charge in [0.1, 0.15) is 0 Å². The third-order valence-corrected chi connectivity index (χ3v) is 1.64. The highest BCUT2D eigenvalue weighted by molar-refractivity contribution is 5.69. The van der Waals surface area contributed by atoms with E-state index in [2.05, 4.69) is 26.1 Å². The Kier molecular flexibility index (Phi) is 7.69. The van der Waals surface area contributed by atoms with Gasteiger partial charge in [0.05, 0.1) is 13.0 Å². The summed E-state index contributed by atoms with van der Waals surface area (Å²) in [7, 11) is 0. The Bertz CT molecular complexity index is 135. The van der Waals surface area contributed by atoms with Gasteiger partial charge in [0.25, 0.3) is 0 Å². The number of unbranched alkanes of at least 4 members (excludes halogenated alkanes) is 1. The van der Waals surface area contributed by atoms with E-state index < -0.39 is 0 Å². The summed E-state index contributed by atoms with van der Waals surface area (Å²) >= 11 is 0. The van der Waals surface area contributed by atoms with E-state index in [1.54, 1.807) is 0 Å². The van der Waals surface area contributed by atoms with Crippen molar-refractivity contribution in [3.63, 3.8) is 0 Å². The van der Waals surface area contributed by atoms with Crippen molar-refractivity contribution in [3.05, 3.63) is 0 Å². The van der Waals surface area contributed by atoms with Gasteiger partial charge in [0.2, 0.25) is 0 Å². The molecule has 1 N–H and O–H groups in total. The smallest absolute Gasteiger partial charge is 0.307 e. The van der Waals surface area contributed by atoms with Crippen molar-refractivity contribution in [1.29, 1.82) is 0 Å². The quantitative estimate of drug-likeness (QED) is 0.487. The number of ether oxygens (including phenoxy) is 1. The van der Waals surface area contributed by atoms with Gasteiger partial charge in [-0.05, 0) is 6.42 Å². The zero-order valence-corrected chi connectivity index (χ0v) is 8.93. The number of hydrogen-bond donors (Lipinski definition) is 1. The summed E-state index contributed by atoms with van der Waals surface area (Å²) in [5.41, 5.74) is 0. The Hall–Kier alpha value is -0.570. The topological polar surface area (TPSA) is 38.3 Å². The van der Waals surface area contributed by atoms with E-state index in [1.165, 1.54) is 0 Å². The molecule has 0 aliphatic rings. The zero-order chi connectivity index (χ0) is 10.1. The van der Waals surface area contributed by atoms with Crippen LogP contribution in [-0.2, 0) is 9.53 Å². The van der Waals surface area contributed by atoms with Gasteiger partial charge >= 0.3 is 5.97 Å². The van der Waals surface area contributed by atoms with Gasteiger partial charge in [-0.2, -0.15) is 0 Å². The van der Waals surface area contributed by atoms with E-state index in [4.69, 9.17) is 4.74 Å². The lowest BCUT2D eigenvalue weighted by atomic mass is 10.3. The van der Waals surface area contributed by atoms with E-state index in [0.717, 1.165) is 12.8 Å². The van der Waals surface area contributed by atoms with E-state index in [-0.39, 0.29) is 5.97 Å². The minimum Gasteiger partial charge on any atom is -0.466 e. The number of carbonyl (C=O) groups excluding carboxylic acids is 1. The molecule has 0 unspecified atom stereocenters. The Morgan fingerprint density at radius 1 is 1.46 bits per heavy atom. The largest absolute Gasteiger partial charge is 0.466 e. The average molecular weight is 187 g/mol. The monoisotopic (exact) mass is 187 g/mol. The minimum atomic E-state index is -0.0957. The average Bonchev–Trinajstić information content (AvgIpc) is 2.04. The molecule has 0 aliphatic carbocycles. The van der Waals surface area contributed by atoms with E-state index in [9.17, 15) is 4.79 Å². The van der Waals surface area contributed by atoms with Crippen LogP contribution in [0.1, 0.15) is 40.0 Å². The molecule has 0 heterocycles. The van der Waals surface area contributed by atoms with Crippen LogP contribution in [0.5, 0.6) is 0 Å². The molecular formula is C10H21NO2. The highest BCUT2D eigenvalue weighted by atomic mass is 16.5. The highest BCUT2D eigenvalue weighted by Crippen LogP contribution is 1.91. The molecule has 0 rings (SSSR count). The van der Waals surface area contributed by atoms with Gasteiger partial charge in [0.15, 0.2) is 0 Å². The Labute approximate surface area is 80.8 Å². The third-order valence-electron chi connectivity index (χ3n) is 1.64.